The van der Waals surface area contributed by atoms with Gasteiger partial charge in [0.05, 0.1) is 12.2 Å². The van der Waals surface area contributed by atoms with Gasteiger partial charge in [0.25, 0.3) is 0 Å². The van der Waals surface area contributed by atoms with Crippen LogP contribution >= 0.6 is 0 Å². The molecular formula is C10H17N3O2. The maximum Gasteiger partial charge on any atom is 0.222 e. The number of nitrogen functional groups attached to an aromatic ring is 1. The summed E-state index contributed by atoms with van der Waals surface area (Å²) in [5.41, 5.74) is 6.62. The molecule has 5 nitrogen and oxygen atoms in total. The van der Waals surface area contributed by atoms with Crippen LogP contribution in [0.3, 0.4) is 0 Å². The number of aromatic nitrogens is 2. The Morgan fingerprint density at radius 3 is 2.67 bits per heavy atom. The molecule has 0 aliphatic heterocycles. The summed E-state index contributed by atoms with van der Waals surface area (Å²) in [6.07, 6.45) is 1.41. The first-order valence-electron chi connectivity index (χ1n) is 4.89. The molecule has 0 spiro atoms. The van der Waals surface area contributed by atoms with Crippen LogP contribution in [-0.2, 0) is 4.74 Å². The van der Waals surface area contributed by atoms with Gasteiger partial charge in [0.15, 0.2) is 0 Å². The van der Waals surface area contributed by atoms with Gasteiger partial charge in [0, 0.05) is 7.11 Å². The Morgan fingerprint density at radius 2 is 2.07 bits per heavy atom. The summed E-state index contributed by atoms with van der Waals surface area (Å²) in [4.78, 5) is 8.01. The molecule has 84 valence electrons. The Labute approximate surface area is 89.6 Å². The molecule has 0 radical (unpaired) electrons. The minimum absolute atomic E-state index is 0.240. The van der Waals surface area contributed by atoms with Crippen molar-refractivity contribution in [3.8, 4) is 5.88 Å². The van der Waals surface area contributed by atoms with Crippen molar-refractivity contribution < 1.29 is 9.47 Å². The van der Waals surface area contributed by atoms with Gasteiger partial charge in [0.1, 0.15) is 18.8 Å². The number of rotatable bonds is 5. The standard InChI is InChI=1S/C10H17N3O2/c1-7(2)8-9(11)12-6-13-10(8)15-5-4-14-3/h6-7H,4-5H2,1-3H3,(H2,11,12,13). The van der Waals surface area contributed by atoms with Crippen LogP contribution in [0.25, 0.3) is 0 Å². The van der Waals surface area contributed by atoms with E-state index >= 15 is 0 Å². The smallest absolute Gasteiger partial charge is 0.222 e. The van der Waals surface area contributed by atoms with Crippen LogP contribution in [0.5, 0.6) is 5.88 Å². The quantitative estimate of drug-likeness (QED) is 0.741. The predicted octanol–water partition coefficient (Wildman–Crippen LogP) is 1.21. The second-order valence-electron chi connectivity index (χ2n) is 3.47. The van der Waals surface area contributed by atoms with E-state index in [-0.39, 0.29) is 5.92 Å². The summed E-state index contributed by atoms with van der Waals surface area (Å²) >= 11 is 0. The van der Waals surface area contributed by atoms with Crippen molar-refractivity contribution in [2.45, 2.75) is 19.8 Å². The van der Waals surface area contributed by atoms with E-state index in [1.54, 1.807) is 7.11 Å². The average Bonchev–Trinajstić information content (AvgIpc) is 2.17. The first kappa shape index (κ1) is 11.7. The van der Waals surface area contributed by atoms with Crippen molar-refractivity contribution in [3.05, 3.63) is 11.9 Å². The molecule has 0 bridgehead atoms. The zero-order chi connectivity index (χ0) is 11.3. The van der Waals surface area contributed by atoms with Gasteiger partial charge in [-0.3, -0.25) is 0 Å². The molecule has 1 rings (SSSR count). The number of hydrogen-bond donors (Lipinski definition) is 1. The molecule has 15 heavy (non-hydrogen) atoms. The highest BCUT2D eigenvalue weighted by molar-refractivity contribution is 5.46. The van der Waals surface area contributed by atoms with Gasteiger partial charge in [-0.25, -0.2) is 9.97 Å². The van der Waals surface area contributed by atoms with Gasteiger partial charge < -0.3 is 15.2 Å². The van der Waals surface area contributed by atoms with Crippen LogP contribution < -0.4 is 10.5 Å². The van der Waals surface area contributed by atoms with Crippen molar-refractivity contribution in [2.75, 3.05) is 26.1 Å². The lowest BCUT2D eigenvalue weighted by Crippen LogP contribution is -2.10. The van der Waals surface area contributed by atoms with Crippen molar-refractivity contribution in [1.29, 1.82) is 0 Å². The van der Waals surface area contributed by atoms with Crippen LogP contribution in [0, 0.1) is 0 Å². The third-order valence-corrected chi connectivity index (χ3v) is 1.98. The topological polar surface area (TPSA) is 70.3 Å². The van der Waals surface area contributed by atoms with E-state index in [1.165, 1.54) is 6.33 Å². The molecule has 2 N–H and O–H groups in total. The van der Waals surface area contributed by atoms with Gasteiger partial charge in [-0.15, -0.1) is 0 Å². The molecular weight excluding hydrogens is 194 g/mol. The molecule has 0 saturated carbocycles. The number of anilines is 1. The highest BCUT2D eigenvalue weighted by Gasteiger charge is 2.13. The highest BCUT2D eigenvalue weighted by Crippen LogP contribution is 2.27. The first-order chi connectivity index (χ1) is 7.16. The van der Waals surface area contributed by atoms with E-state index in [4.69, 9.17) is 15.2 Å². The Bertz CT molecular complexity index is 316. The highest BCUT2D eigenvalue weighted by atomic mass is 16.5. The second kappa shape index (κ2) is 5.50. The maximum atomic E-state index is 5.76. The molecule has 0 aliphatic carbocycles. The van der Waals surface area contributed by atoms with Crippen LogP contribution in [0.4, 0.5) is 5.82 Å². The third-order valence-electron chi connectivity index (χ3n) is 1.98. The van der Waals surface area contributed by atoms with E-state index in [9.17, 15) is 0 Å². The molecule has 0 amide bonds. The molecule has 0 aliphatic rings. The summed E-state index contributed by atoms with van der Waals surface area (Å²) in [6, 6.07) is 0. The molecule has 1 heterocycles. The first-order valence-corrected chi connectivity index (χ1v) is 4.89. The van der Waals surface area contributed by atoms with Crippen LogP contribution in [0.15, 0.2) is 6.33 Å². The number of ether oxygens (including phenoxy) is 2. The molecule has 0 unspecified atom stereocenters. The lowest BCUT2D eigenvalue weighted by molar-refractivity contribution is 0.143. The Hall–Kier alpha value is -1.36. The van der Waals surface area contributed by atoms with Crippen LogP contribution in [0.1, 0.15) is 25.3 Å². The van der Waals surface area contributed by atoms with Gasteiger partial charge in [0.2, 0.25) is 5.88 Å². The van der Waals surface area contributed by atoms with E-state index < -0.39 is 0 Å². The Morgan fingerprint density at radius 1 is 1.33 bits per heavy atom. The summed E-state index contributed by atoms with van der Waals surface area (Å²) in [5.74, 6) is 1.27. The minimum atomic E-state index is 0.240. The van der Waals surface area contributed by atoms with Crippen molar-refractivity contribution in [3.63, 3.8) is 0 Å². The van der Waals surface area contributed by atoms with Gasteiger partial charge in [-0.05, 0) is 5.92 Å². The molecule has 0 atom stereocenters. The van der Waals surface area contributed by atoms with E-state index in [2.05, 4.69) is 9.97 Å². The fourth-order valence-corrected chi connectivity index (χ4v) is 1.27. The fraction of sp³-hybridized carbons (Fsp3) is 0.600. The van der Waals surface area contributed by atoms with Crippen LogP contribution in [-0.4, -0.2) is 30.3 Å². The van der Waals surface area contributed by atoms with Crippen molar-refractivity contribution in [2.24, 2.45) is 0 Å². The maximum absolute atomic E-state index is 5.76. The summed E-state index contributed by atoms with van der Waals surface area (Å²) in [7, 11) is 1.63. The van der Waals surface area contributed by atoms with E-state index in [0.29, 0.717) is 24.9 Å². The van der Waals surface area contributed by atoms with Crippen LogP contribution in [0.2, 0.25) is 0 Å². The molecule has 1 aromatic heterocycles. The van der Waals surface area contributed by atoms with E-state index in [1.807, 2.05) is 13.8 Å². The summed E-state index contributed by atoms with van der Waals surface area (Å²) in [6.45, 7) is 5.05. The average molecular weight is 211 g/mol. The van der Waals surface area contributed by atoms with Gasteiger partial charge >= 0.3 is 0 Å². The lowest BCUT2D eigenvalue weighted by atomic mass is 10.1. The molecule has 0 saturated heterocycles. The summed E-state index contributed by atoms with van der Waals surface area (Å²) < 4.78 is 10.4. The number of nitrogens with zero attached hydrogens (tertiary/aromatic N) is 2. The molecule has 0 aromatic carbocycles. The van der Waals surface area contributed by atoms with E-state index in [0.717, 1.165) is 5.56 Å². The number of nitrogens with two attached hydrogens (primary N) is 1. The largest absolute Gasteiger partial charge is 0.475 e. The zero-order valence-corrected chi connectivity index (χ0v) is 9.36. The molecule has 0 fully saturated rings. The fourth-order valence-electron chi connectivity index (χ4n) is 1.27. The van der Waals surface area contributed by atoms with Crippen molar-refractivity contribution in [1.82, 2.24) is 9.97 Å². The third kappa shape index (κ3) is 3.06. The SMILES string of the molecule is COCCOc1ncnc(N)c1C(C)C. The van der Waals surface area contributed by atoms with Crippen molar-refractivity contribution >= 4 is 5.82 Å². The summed E-state index contributed by atoms with van der Waals surface area (Å²) in [5, 5.41) is 0. The van der Waals surface area contributed by atoms with Gasteiger partial charge in [-0.2, -0.15) is 0 Å². The molecule has 5 heteroatoms. The monoisotopic (exact) mass is 211 g/mol. The number of methoxy groups -OCH3 is 1. The predicted molar refractivity (Wildman–Crippen MR) is 57.9 cm³/mol. The normalized spacial score (nSPS) is 10.7. The minimum Gasteiger partial charge on any atom is -0.475 e. The molecule has 1 aromatic rings. The Balaban J connectivity index is 2.81. The zero-order valence-electron chi connectivity index (χ0n) is 9.36. The second-order valence-corrected chi connectivity index (χ2v) is 3.47. The number of hydrogen-bond acceptors (Lipinski definition) is 5. The van der Waals surface area contributed by atoms with Gasteiger partial charge in [-0.1, -0.05) is 13.8 Å². The Kier molecular flexibility index (Phi) is 4.30. The lowest BCUT2D eigenvalue weighted by Gasteiger charge is -2.13.